The Morgan fingerprint density at radius 3 is 2.17 bits per heavy atom. The lowest BCUT2D eigenvalue weighted by atomic mass is 9.99. The van der Waals surface area contributed by atoms with E-state index in [1.807, 2.05) is 0 Å². The molecule has 0 aliphatic heterocycles. The van der Waals surface area contributed by atoms with Gasteiger partial charge in [-0.3, -0.25) is 4.79 Å². The molecular weight excluding hydrogens is 288 g/mol. The van der Waals surface area contributed by atoms with E-state index in [9.17, 15) is 9.59 Å². The van der Waals surface area contributed by atoms with Crippen LogP contribution < -0.4 is 0 Å². The van der Waals surface area contributed by atoms with E-state index in [1.54, 1.807) is 31.2 Å². The molecule has 0 aliphatic carbocycles. The van der Waals surface area contributed by atoms with Crippen LogP contribution in [0.3, 0.4) is 0 Å². The molecule has 0 atom stereocenters. The van der Waals surface area contributed by atoms with Gasteiger partial charge in [-0.25, -0.2) is 4.79 Å². The van der Waals surface area contributed by atoms with Gasteiger partial charge in [-0.2, -0.15) is 0 Å². The van der Waals surface area contributed by atoms with Gasteiger partial charge in [-0.15, -0.1) is 0 Å². The van der Waals surface area contributed by atoms with Crippen LogP contribution in [0.25, 0.3) is 0 Å². The van der Waals surface area contributed by atoms with E-state index in [-0.39, 0.29) is 11.8 Å². The van der Waals surface area contributed by atoms with Crippen molar-refractivity contribution >= 4 is 11.8 Å². The number of ether oxygens (including phenoxy) is 1. The van der Waals surface area contributed by atoms with Crippen LogP contribution in [0.15, 0.2) is 42.5 Å². The number of hydrogen-bond donors (Lipinski definition) is 0. The summed E-state index contributed by atoms with van der Waals surface area (Å²) in [4.78, 5) is 23.8. The lowest BCUT2D eigenvalue weighted by Gasteiger charge is -2.06. The smallest absolute Gasteiger partial charge is 0.338 e. The van der Waals surface area contributed by atoms with Crippen molar-refractivity contribution in [3.05, 3.63) is 70.3 Å². The summed E-state index contributed by atoms with van der Waals surface area (Å²) in [5, 5.41) is 0. The van der Waals surface area contributed by atoms with E-state index < -0.39 is 0 Å². The average molecular weight is 310 g/mol. The molecule has 3 nitrogen and oxygen atoms in total. The van der Waals surface area contributed by atoms with E-state index in [0.717, 1.165) is 6.42 Å². The van der Waals surface area contributed by atoms with Gasteiger partial charge in [0.25, 0.3) is 0 Å². The highest BCUT2D eigenvalue weighted by molar-refractivity contribution is 5.97. The summed E-state index contributed by atoms with van der Waals surface area (Å²) in [6.07, 6.45) is 1.18. The first-order valence-corrected chi connectivity index (χ1v) is 7.87. The Kier molecular flexibility index (Phi) is 5.69. The van der Waals surface area contributed by atoms with Crippen molar-refractivity contribution in [2.75, 3.05) is 6.61 Å². The Labute approximate surface area is 137 Å². The standard InChI is InChI=1S/C20H22O3/c1-4-23-20(22)18-10-8-17(9-11-18)19(21)12-7-16-6-5-14(2)15(3)13-16/h5-6,8-11,13H,4,7,12H2,1-3H3. The third-order valence-corrected chi connectivity index (χ3v) is 3.93. The van der Waals surface area contributed by atoms with Crippen molar-refractivity contribution in [1.29, 1.82) is 0 Å². The summed E-state index contributed by atoms with van der Waals surface area (Å²) < 4.78 is 4.93. The summed E-state index contributed by atoms with van der Waals surface area (Å²) in [5.74, 6) is -0.278. The third-order valence-electron chi connectivity index (χ3n) is 3.93. The van der Waals surface area contributed by atoms with Gasteiger partial charge in [0.05, 0.1) is 12.2 Å². The second-order valence-corrected chi connectivity index (χ2v) is 5.64. The molecule has 0 bridgehead atoms. The third kappa shape index (κ3) is 4.52. The van der Waals surface area contributed by atoms with Crippen LogP contribution in [0.4, 0.5) is 0 Å². The normalized spacial score (nSPS) is 10.4. The lowest BCUT2D eigenvalue weighted by molar-refractivity contribution is 0.0526. The van der Waals surface area contributed by atoms with Crippen molar-refractivity contribution in [2.24, 2.45) is 0 Å². The first kappa shape index (κ1) is 16.9. The first-order chi connectivity index (χ1) is 11.0. The average Bonchev–Trinajstić information content (AvgIpc) is 2.56. The van der Waals surface area contributed by atoms with Gasteiger partial charge in [0.2, 0.25) is 0 Å². The number of ketones is 1. The molecule has 0 aromatic heterocycles. The lowest BCUT2D eigenvalue weighted by Crippen LogP contribution is -2.06. The number of carbonyl (C=O) groups is 2. The molecule has 23 heavy (non-hydrogen) atoms. The molecule has 0 radical (unpaired) electrons. The predicted octanol–water partition coefficient (Wildman–Crippen LogP) is 4.30. The Balaban J connectivity index is 1.97. The molecule has 0 spiro atoms. The molecule has 0 saturated heterocycles. The van der Waals surface area contributed by atoms with Crippen molar-refractivity contribution in [2.45, 2.75) is 33.6 Å². The molecule has 2 aromatic carbocycles. The van der Waals surface area contributed by atoms with E-state index >= 15 is 0 Å². The van der Waals surface area contributed by atoms with Crippen LogP contribution in [-0.4, -0.2) is 18.4 Å². The van der Waals surface area contributed by atoms with Crippen LogP contribution >= 0.6 is 0 Å². The van der Waals surface area contributed by atoms with E-state index in [2.05, 4.69) is 32.0 Å². The van der Waals surface area contributed by atoms with Gasteiger partial charge in [0, 0.05) is 12.0 Å². The zero-order valence-electron chi connectivity index (χ0n) is 13.9. The maximum absolute atomic E-state index is 12.3. The van der Waals surface area contributed by atoms with Gasteiger partial charge < -0.3 is 4.74 Å². The number of aryl methyl sites for hydroxylation is 3. The largest absolute Gasteiger partial charge is 0.462 e. The fourth-order valence-electron chi connectivity index (χ4n) is 2.37. The van der Waals surface area contributed by atoms with E-state index in [4.69, 9.17) is 4.74 Å². The maximum Gasteiger partial charge on any atom is 0.338 e. The quantitative estimate of drug-likeness (QED) is 0.590. The Hall–Kier alpha value is -2.42. The van der Waals surface area contributed by atoms with Gasteiger partial charge in [-0.05, 0) is 56.0 Å². The van der Waals surface area contributed by atoms with Crippen molar-refractivity contribution < 1.29 is 14.3 Å². The predicted molar refractivity (Wildman–Crippen MR) is 91.0 cm³/mol. The molecule has 2 rings (SSSR count). The monoisotopic (exact) mass is 310 g/mol. The Bertz CT molecular complexity index is 699. The molecule has 0 fully saturated rings. The van der Waals surface area contributed by atoms with Gasteiger partial charge in [0.1, 0.15) is 0 Å². The minimum atomic E-state index is -0.360. The minimum absolute atomic E-state index is 0.0821. The Morgan fingerprint density at radius 1 is 0.913 bits per heavy atom. The summed E-state index contributed by atoms with van der Waals surface area (Å²) in [7, 11) is 0. The minimum Gasteiger partial charge on any atom is -0.462 e. The van der Waals surface area contributed by atoms with Crippen LogP contribution in [0, 0.1) is 13.8 Å². The summed E-state index contributed by atoms with van der Waals surface area (Å²) in [6, 6.07) is 12.9. The first-order valence-electron chi connectivity index (χ1n) is 7.87. The highest BCUT2D eigenvalue weighted by Crippen LogP contribution is 2.14. The molecule has 0 saturated carbocycles. The number of benzene rings is 2. The summed E-state index contributed by atoms with van der Waals surface area (Å²) in [6.45, 7) is 6.27. The zero-order valence-corrected chi connectivity index (χ0v) is 13.9. The van der Waals surface area contributed by atoms with Crippen molar-refractivity contribution in [1.82, 2.24) is 0 Å². The Morgan fingerprint density at radius 2 is 1.57 bits per heavy atom. The molecule has 120 valence electrons. The number of rotatable bonds is 6. The van der Waals surface area contributed by atoms with Gasteiger partial charge >= 0.3 is 5.97 Å². The number of hydrogen-bond acceptors (Lipinski definition) is 3. The maximum atomic E-state index is 12.3. The molecular formula is C20H22O3. The van der Waals surface area contributed by atoms with Crippen LogP contribution in [0.5, 0.6) is 0 Å². The van der Waals surface area contributed by atoms with Crippen LogP contribution in [0.1, 0.15) is 50.8 Å². The molecule has 0 aliphatic rings. The van der Waals surface area contributed by atoms with Crippen LogP contribution in [0.2, 0.25) is 0 Å². The second-order valence-electron chi connectivity index (χ2n) is 5.64. The zero-order chi connectivity index (χ0) is 16.8. The number of Topliss-reactive ketones (excluding diaryl/α,β-unsaturated/α-hetero) is 1. The number of esters is 1. The van der Waals surface area contributed by atoms with E-state index in [0.29, 0.717) is 24.2 Å². The summed E-state index contributed by atoms with van der Waals surface area (Å²) in [5.41, 5.74) is 4.77. The highest BCUT2D eigenvalue weighted by Gasteiger charge is 2.10. The SMILES string of the molecule is CCOC(=O)c1ccc(C(=O)CCc2ccc(C)c(C)c2)cc1. The van der Waals surface area contributed by atoms with Crippen molar-refractivity contribution in [3.8, 4) is 0 Å². The van der Waals surface area contributed by atoms with Gasteiger partial charge in [0.15, 0.2) is 5.78 Å². The highest BCUT2D eigenvalue weighted by atomic mass is 16.5. The molecule has 0 heterocycles. The molecule has 0 N–H and O–H groups in total. The fraction of sp³-hybridized carbons (Fsp3) is 0.300. The fourth-order valence-corrected chi connectivity index (χ4v) is 2.37. The molecule has 0 unspecified atom stereocenters. The molecule has 3 heteroatoms. The van der Waals surface area contributed by atoms with Gasteiger partial charge in [-0.1, -0.05) is 30.3 Å². The molecule has 2 aromatic rings. The topological polar surface area (TPSA) is 43.4 Å². The second kappa shape index (κ2) is 7.73. The van der Waals surface area contributed by atoms with E-state index in [1.165, 1.54) is 16.7 Å². The number of carbonyl (C=O) groups excluding carboxylic acids is 2. The van der Waals surface area contributed by atoms with Crippen LogP contribution in [-0.2, 0) is 11.2 Å². The molecule has 0 amide bonds. The van der Waals surface area contributed by atoms with Crippen molar-refractivity contribution in [3.63, 3.8) is 0 Å². The summed E-state index contributed by atoms with van der Waals surface area (Å²) >= 11 is 0.